The zero-order valence-corrected chi connectivity index (χ0v) is 13.0. The van der Waals surface area contributed by atoms with Gasteiger partial charge in [-0.15, -0.1) is 0 Å². The Morgan fingerprint density at radius 1 is 0.778 bits per heavy atom. The summed E-state index contributed by atoms with van der Waals surface area (Å²) in [6, 6.07) is 19.6. The van der Waals surface area contributed by atoms with Gasteiger partial charge in [0.25, 0.3) is 0 Å². The molecular formula is C15H17OPPd. The maximum atomic E-state index is 13.3. The Morgan fingerprint density at radius 3 is 1.39 bits per heavy atom. The first-order valence-corrected chi connectivity index (χ1v) is 7.64. The van der Waals surface area contributed by atoms with Crippen molar-refractivity contribution in [3.8, 4) is 0 Å². The van der Waals surface area contributed by atoms with Gasteiger partial charge in [0.2, 0.25) is 0 Å². The van der Waals surface area contributed by atoms with Crippen LogP contribution in [0.15, 0.2) is 60.7 Å². The van der Waals surface area contributed by atoms with Crippen LogP contribution >= 0.6 is 7.14 Å². The maximum Gasteiger partial charge on any atom is 0.145 e. The second kappa shape index (κ2) is 6.48. The Balaban J connectivity index is 0.00000162. The average Bonchev–Trinajstić information content (AvgIpc) is 2.39. The summed E-state index contributed by atoms with van der Waals surface area (Å²) in [6.07, 6.45) is 0. The van der Waals surface area contributed by atoms with E-state index in [1.54, 1.807) is 0 Å². The minimum atomic E-state index is -2.50. The molecule has 0 aliphatic rings. The van der Waals surface area contributed by atoms with Gasteiger partial charge in [-0.1, -0.05) is 74.5 Å². The Labute approximate surface area is 123 Å². The Hall–Kier alpha value is -0.668. The molecular weight excluding hydrogens is 334 g/mol. The summed E-state index contributed by atoms with van der Waals surface area (Å²) in [5.41, 5.74) is 0.118. The van der Waals surface area contributed by atoms with Crippen molar-refractivity contribution in [2.45, 2.75) is 19.5 Å². The van der Waals surface area contributed by atoms with Crippen LogP contribution in [-0.2, 0) is 25.0 Å². The van der Waals surface area contributed by atoms with Crippen LogP contribution in [0.1, 0.15) is 13.8 Å². The van der Waals surface area contributed by atoms with Crippen molar-refractivity contribution in [2.24, 2.45) is 0 Å². The van der Waals surface area contributed by atoms with Crippen molar-refractivity contribution in [3.63, 3.8) is 0 Å². The molecule has 0 radical (unpaired) electrons. The average molecular weight is 351 g/mol. The fraction of sp³-hybridized carbons (Fsp3) is 0.200. The topological polar surface area (TPSA) is 17.1 Å². The van der Waals surface area contributed by atoms with Crippen LogP contribution in [0.3, 0.4) is 0 Å². The van der Waals surface area contributed by atoms with Gasteiger partial charge in [-0.05, 0) is 0 Å². The molecule has 0 aromatic heterocycles. The van der Waals surface area contributed by atoms with E-state index in [1.807, 2.05) is 74.5 Å². The van der Waals surface area contributed by atoms with Gasteiger partial charge >= 0.3 is 0 Å². The third-order valence-corrected chi connectivity index (χ3v) is 6.59. The number of hydrogen-bond donors (Lipinski definition) is 0. The first-order valence-electron chi connectivity index (χ1n) is 5.86. The summed E-state index contributed by atoms with van der Waals surface area (Å²) < 4.78 is 13.3. The van der Waals surface area contributed by atoms with Crippen molar-refractivity contribution < 1.29 is 25.0 Å². The summed E-state index contributed by atoms with van der Waals surface area (Å²) in [5, 5.41) is 1.89. The molecule has 0 atom stereocenters. The summed E-state index contributed by atoms with van der Waals surface area (Å²) in [7, 11) is -2.50. The van der Waals surface area contributed by atoms with Crippen LogP contribution in [-0.4, -0.2) is 5.66 Å². The third-order valence-electron chi connectivity index (χ3n) is 3.01. The molecule has 2 rings (SSSR count). The molecule has 0 bridgehead atoms. The molecule has 0 N–H and O–H groups in total. The molecule has 0 saturated heterocycles. The SMILES string of the molecule is CC(C)P(=O)(c1ccccc1)c1ccccc1.[Pd]. The third kappa shape index (κ3) is 2.83. The van der Waals surface area contributed by atoms with Gasteiger partial charge in [0.15, 0.2) is 0 Å². The fourth-order valence-corrected chi connectivity index (χ4v) is 4.77. The smallest absolute Gasteiger partial charge is 0.145 e. The maximum absolute atomic E-state index is 13.3. The molecule has 0 amide bonds. The molecule has 0 unspecified atom stereocenters. The van der Waals surface area contributed by atoms with E-state index >= 15 is 0 Å². The first kappa shape index (κ1) is 15.4. The minimum absolute atomic E-state index is 0. The second-order valence-electron chi connectivity index (χ2n) is 4.42. The van der Waals surface area contributed by atoms with Crippen LogP contribution in [0.25, 0.3) is 0 Å². The molecule has 0 heterocycles. The van der Waals surface area contributed by atoms with Crippen molar-refractivity contribution in [1.29, 1.82) is 0 Å². The summed E-state index contributed by atoms with van der Waals surface area (Å²) in [4.78, 5) is 0. The molecule has 2 aromatic rings. The largest absolute Gasteiger partial charge is 0.313 e. The number of rotatable bonds is 3. The van der Waals surface area contributed by atoms with Gasteiger partial charge in [0.05, 0.1) is 0 Å². The Morgan fingerprint density at radius 2 is 1.11 bits per heavy atom. The molecule has 0 aliphatic heterocycles. The zero-order chi connectivity index (χ0) is 12.3. The van der Waals surface area contributed by atoms with Crippen molar-refractivity contribution in [1.82, 2.24) is 0 Å². The second-order valence-corrected chi connectivity index (χ2v) is 7.80. The standard InChI is InChI=1S/C15H17OP.Pd/c1-13(2)17(16,14-9-5-3-6-10-14)15-11-7-4-8-12-15;/h3-13H,1-2H3;. The predicted molar refractivity (Wildman–Crippen MR) is 74.9 cm³/mol. The van der Waals surface area contributed by atoms with E-state index in [0.29, 0.717) is 0 Å². The van der Waals surface area contributed by atoms with E-state index in [4.69, 9.17) is 0 Å². The van der Waals surface area contributed by atoms with E-state index in [2.05, 4.69) is 0 Å². The first-order chi connectivity index (χ1) is 8.15. The van der Waals surface area contributed by atoms with E-state index in [-0.39, 0.29) is 26.1 Å². The van der Waals surface area contributed by atoms with E-state index in [0.717, 1.165) is 10.6 Å². The molecule has 0 fully saturated rings. The molecule has 18 heavy (non-hydrogen) atoms. The summed E-state index contributed by atoms with van der Waals surface area (Å²) in [6.45, 7) is 4.06. The molecule has 0 aliphatic carbocycles. The Kier molecular flexibility index (Phi) is 5.54. The molecule has 3 heteroatoms. The molecule has 2 aromatic carbocycles. The summed E-state index contributed by atoms with van der Waals surface area (Å²) >= 11 is 0. The van der Waals surface area contributed by atoms with Crippen molar-refractivity contribution >= 4 is 17.8 Å². The number of benzene rings is 2. The van der Waals surface area contributed by atoms with Gasteiger partial charge in [-0.2, -0.15) is 0 Å². The zero-order valence-electron chi connectivity index (χ0n) is 10.5. The van der Waals surface area contributed by atoms with Crippen LogP contribution in [0.2, 0.25) is 0 Å². The van der Waals surface area contributed by atoms with Crippen LogP contribution in [0.4, 0.5) is 0 Å². The van der Waals surface area contributed by atoms with Crippen LogP contribution in [0.5, 0.6) is 0 Å². The van der Waals surface area contributed by atoms with E-state index in [1.165, 1.54) is 0 Å². The van der Waals surface area contributed by atoms with Gasteiger partial charge in [-0.3, -0.25) is 0 Å². The molecule has 0 saturated carbocycles. The monoisotopic (exact) mass is 350 g/mol. The Bertz CT molecular complexity index is 479. The van der Waals surface area contributed by atoms with Crippen LogP contribution < -0.4 is 10.6 Å². The normalized spacial score (nSPS) is 11.1. The van der Waals surface area contributed by atoms with Gasteiger partial charge in [-0.25, -0.2) is 0 Å². The molecule has 1 nitrogen and oxygen atoms in total. The quantitative estimate of drug-likeness (QED) is 0.612. The predicted octanol–water partition coefficient (Wildman–Crippen LogP) is 3.41. The number of hydrogen-bond acceptors (Lipinski definition) is 1. The van der Waals surface area contributed by atoms with E-state index in [9.17, 15) is 4.57 Å². The fourth-order valence-electron chi connectivity index (χ4n) is 2.04. The van der Waals surface area contributed by atoms with Gasteiger partial charge in [0, 0.05) is 36.7 Å². The molecule has 98 valence electrons. The molecule has 0 spiro atoms. The minimum Gasteiger partial charge on any atom is -0.313 e. The van der Waals surface area contributed by atoms with Crippen LogP contribution in [0, 0.1) is 0 Å². The van der Waals surface area contributed by atoms with Crippen molar-refractivity contribution in [2.75, 3.05) is 0 Å². The van der Waals surface area contributed by atoms with Crippen molar-refractivity contribution in [3.05, 3.63) is 60.7 Å². The van der Waals surface area contributed by atoms with Gasteiger partial charge in [0.1, 0.15) is 7.14 Å². The summed E-state index contributed by atoms with van der Waals surface area (Å²) in [5.74, 6) is 0. The van der Waals surface area contributed by atoms with Gasteiger partial charge < -0.3 is 4.57 Å². The van der Waals surface area contributed by atoms with E-state index < -0.39 is 7.14 Å².